The number of nitriles is 1. The summed E-state index contributed by atoms with van der Waals surface area (Å²) in [5.41, 5.74) is 0.859. The highest BCUT2D eigenvalue weighted by molar-refractivity contribution is 7.18. The summed E-state index contributed by atoms with van der Waals surface area (Å²) >= 11 is 0.953. The molecule has 0 aliphatic carbocycles. The number of thiophene rings is 1. The number of fused-ring (bicyclic) bond motifs is 2. The van der Waals surface area contributed by atoms with Crippen molar-refractivity contribution in [3.05, 3.63) is 59.8 Å². The molecule has 0 bridgehead atoms. The summed E-state index contributed by atoms with van der Waals surface area (Å²) in [6, 6.07) is 11.7. The number of benzene rings is 2. The Balaban J connectivity index is 1.43. The first-order valence-electron chi connectivity index (χ1n) is 14.0. The number of anilines is 1. The Morgan fingerprint density at radius 2 is 2.00 bits per heavy atom. The highest BCUT2D eigenvalue weighted by atomic mass is 32.1. The predicted octanol–water partition coefficient (Wildman–Crippen LogP) is 5.68. The minimum absolute atomic E-state index is 0.00621. The Hall–Kier alpha value is -4.21. The normalized spacial score (nSPS) is 19.2. The van der Waals surface area contributed by atoms with Gasteiger partial charge in [0, 0.05) is 46.9 Å². The monoisotopic (exact) mass is 606 g/mol. The second-order valence-electron chi connectivity index (χ2n) is 10.9. The molecular formula is C31H29F3N6O2S. The lowest BCUT2D eigenvalue weighted by molar-refractivity contribution is -0.131. The van der Waals surface area contributed by atoms with Crippen molar-refractivity contribution >= 4 is 44.1 Å². The molecule has 2 aliphatic rings. The average Bonchev–Trinajstić information content (AvgIpc) is 3.59. The standard InChI is InChI=1S/C31H29F3N6O2S/c1-18(32)30(41)40-14-13-39(16-20(40)10-11-35)29-24-9-8-22(23-7-3-5-19-15-25(33)43-28(19)23)26(34)27(24)36-31(37-29)42-17-21-6-4-12-38(21)2/h3,5,7-9,15,20-21H,1,4,6,10,12-14,16-17H2,2H3/t20-,21-/m0/s1. The van der Waals surface area contributed by atoms with Gasteiger partial charge in [-0.2, -0.15) is 19.6 Å². The molecule has 2 fully saturated rings. The lowest BCUT2D eigenvalue weighted by Gasteiger charge is -2.41. The lowest BCUT2D eigenvalue weighted by atomic mass is 10.0. The zero-order valence-corrected chi connectivity index (χ0v) is 24.3. The fraction of sp³-hybridized carbons (Fsp3) is 0.355. The SMILES string of the molecule is C=C(F)C(=O)N1CCN(c2nc(OC[C@@H]3CCCN3C)nc3c(F)c(-c4cccc5cc(F)sc45)ccc23)C[C@@H]1CC#N. The Morgan fingerprint density at radius 3 is 2.74 bits per heavy atom. The second-order valence-corrected chi connectivity index (χ2v) is 11.9. The van der Waals surface area contributed by atoms with Crippen molar-refractivity contribution in [2.24, 2.45) is 0 Å². The molecule has 2 aliphatic heterocycles. The van der Waals surface area contributed by atoms with Gasteiger partial charge >= 0.3 is 6.01 Å². The van der Waals surface area contributed by atoms with Crippen LogP contribution in [0.4, 0.5) is 19.0 Å². The van der Waals surface area contributed by atoms with Crippen molar-refractivity contribution in [3.63, 3.8) is 0 Å². The van der Waals surface area contributed by atoms with E-state index < -0.39 is 23.6 Å². The highest BCUT2D eigenvalue weighted by Crippen LogP contribution is 2.39. The highest BCUT2D eigenvalue weighted by Gasteiger charge is 2.34. The van der Waals surface area contributed by atoms with Crippen LogP contribution in [0.1, 0.15) is 19.3 Å². The lowest BCUT2D eigenvalue weighted by Crippen LogP contribution is -2.55. The maximum atomic E-state index is 16.5. The molecule has 1 amide bonds. The predicted molar refractivity (Wildman–Crippen MR) is 160 cm³/mol. The Bertz CT molecular complexity index is 1770. The number of hydrogen-bond donors (Lipinski definition) is 0. The first-order chi connectivity index (χ1) is 20.7. The first-order valence-corrected chi connectivity index (χ1v) is 14.9. The quantitative estimate of drug-likeness (QED) is 0.251. The summed E-state index contributed by atoms with van der Waals surface area (Å²) in [6.45, 7) is 4.95. The molecule has 2 aromatic carbocycles. The maximum absolute atomic E-state index is 16.5. The number of likely N-dealkylation sites (N-methyl/N-ethyl adjacent to an activating group) is 1. The van der Waals surface area contributed by atoms with Crippen LogP contribution in [0, 0.1) is 22.3 Å². The van der Waals surface area contributed by atoms with Gasteiger partial charge in [0.25, 0.3) is 5.91 Å². The zero-order valence-electron chi connectivity index (χ0n) is 23.5. The van der Waals surface area contributed by atoms with Crippen molar-refractivity contribution < 1.29 is 22.7 Å². The van der Waals surface area contributed by atoms with Crippen molar-refractivity contribution in [1.82, 2.24) is 19.8 Å². The molecule has 2 atom stereocenters. The Labute approximate surface area is 250 Å². The number of hydrogen-bond acceptors (Lipinski definition) is 8. The van der Waals surface area contributed by atoms with E-state index in [4.69, 9.17) is 4.74 Å². The molecule has 0 N–H and O–H groups in total. The van der Waals surface area contributed by atoms with Gasteiger partial charge in [-0.3, -0.25) is 4.79 Å². The zero-order chi connectivity index (χ0) is 30.2. The molecule has 43 heavy (non-hydrogen) atoms. The molecule has 6 rings (SSSR count). The third kappa shape index (κ3) is 5.50. The molecule has 0 saturated carbocycles. The van der Waals surface area contributed by atoms with Crippen molar-refractivity contribution in [3.8, 4) is 23.2 Å². The van der Waals surface area contributed by atoms with E-state index in [1.165, 1.54) is 11.0 Å². The number of carbonyl (C=O) groups excluding carboxylic acids is 1. The average molecular weight is 607 g/mol. The molecule has 0 spiro atoms. The fourth-order valence-electron chi connectivity index (χ4n) is 5.99. The number of halogens is 3. The van der Waals surface area contributed by atoms with Gasteiger partial charge in [0.05, 0.1) is 18.5 Å². The number of likely N-dealkylation sites (tertiary alicyclic amines) is 1. The van der Waals surface area contributed by atoms with Crippen LogP contribution >= 0.6 is 11.3 Å². The first kappa shape index (κ1) is 28.9. The summed E-state index contributed by atoms with van der Waals surface area (Å²) in [6.07, 6.45) is 1.98. The van der Waals surface area contributed by atoms with Gasteiger partial charge in [0.2, 0.25) is 0 Å². The molecule has 0 unspecified atom stereocenters. The maximum Gasteiger partial charge on any atom is 0.319 e. The Morgan fingerprint density at radius 1 is 1.16 bits per heavy atom. The summed E-state index contributed by atoms with van der Waals surface area (Å²) in [4.78, 5) is 27.0. The number of rotatable bonds is 7. The van der Waals surface area contributed by atoms with Gasteiger partial charge in [-0.1, -0.05) is 30.8 Å². The molecule has 8 nitrogen and oxygen atoms in total. The summed E-state index contributed by atoms with van der Waals surface area (Å²) in [7, 11) is 2.02. The Kier molecular flexibility index (Phi) is 7.94. The smallest absolute Gasteiger partial charge is 0.319 e. The number of nitrogens with zero attached hydrogens (tertiary/aromatic N) is 6. The topological polar surface area (TPSA) is 85.6 Å². The molecule has 12 heteroatoms. The van der Waals surface area contributed by atoms with Crippen LogP contribution in [-0.2, 0) is 4.79 Å². The van der Waals surface area contributed by atoms with Gasteiger partial charge in [-0.15, -0.1) is 11.3 Å². The van der Waals surface area contributed by atoms with Gasteiger partial charge in [-0.05, 0) is 44.0 Å². The summed E-state index contributed by atoms with van der Waals surface area (Å²) < 4.78 is 51.0. The van der Waals surface area contributed by atoms with Crippen molar-refractivity contribution in [2.75, 3.05) is 44.7 Å². The number of piperazine rings is 1. The van der Waals surface area contributed by atoms with Crippen LogP contribution < -0.4 is 9.64 Å². The summed E-state index contributed by atoms with van der Waals surface area (Å²) in [5.74, 6) is -2.15. The van der Waals surface area contributed by atoms with E-state index in [1.54, 1.807) is 30.3 Å². The molecular weight excluding hydrogens is 577 g/mol. The number of ether oxygens (including phenoxy) is 1. The van der Waals surface area contributed by atoms with Gasteiger partial charge in [0.1, 0.15) is 17.9 Å². The van der Waals surface area contributed by atoms with E-state index in [2.05, 4.69) is 27.5 Å². The van der Waals surface area contributed by atoms with Gasteiger partial charge < -0.3 is 19.4 Å². The van der Waals surface area contributed by atoms with Crippen LogP contribution in [0.2, 0.25) is 0 Å². The number of aromatic nitrogens is 2. The van der Waals surface area contributed by atoms with E-state index in [-0.39, 0.29) is 54.3 Å². The van der Waals surface area contributed by atoms with Crippen LogP contribution in [-0.4, -0.2) is 77.6 Å². The van der Waals surface area contributed by atoms with Crippen LogP contribution in [0.5, 0.6) is 6.01 Å². The summed E-state index contributed by atoms with van der Waals surface area (Å²) in [5, 5.41) is 10.2. The molecule has 222 valence electrons. The van der Waals surface area contributed by atoms with E-state index >= 15 is 4.39 Å². The van der Waals surface area contributed by atoms with Gasteiger partial charge in [-0.25, -0.2) is 8.78 Å². The number of carbonyl (C=O) groups is 1. The largest absolute Gasteiger partial charge is 0.462 e. The van der Waals surface area contributed by atoms with Crippen LogP contribution in [0.25, 0.3) is 32.1 Å². The fourth-order valence-corrected chi connectivity index (χ4v) is 6.91. The third-order valence-corrected chi connectivity index (χ3v) is 9.22. The molecule has 2 saturated heterocycles. The minimum atomic E-state index is -1.09. The number of amides is 1. The third-order valence-electron chi connectivity index (χ3n) is 8.25. The minimum Gasteiger partial charge on any atom is -0.462 e. The van der Waals surface area contributed by atoms with E-state index in [9.17, 15) is 18.8 Å². The van der Waals surface area contributed by atoms with Crippen LogP contribution in [0.3, 0.4) is 0 Å². The molecule has 4 aromatic rings. The molecule has 4 heterocycles. The van der Waals surface area contributed by atoms with Gasteiger partial charge in [0.15, 0.2) is 16.8 Å². The van der Waals surface area contributed by atoms with E-state index in [0.29, 0.717) is 33.5 Å². The van der Waals surface area contributed by atoms with Crippen molar-refractivity contribution in [1.29, 1.82) is 5.26 Å². The molecule has 2 aromatic heterocycles. The van der Waals surface area contributed by atoms with E-state index in [1.807, 2.05) is 11.9 Å². The van der Waals surface area contributed by atoms with E-state index in [0.717, 1.165) is 30.7 Å². The van der Waals surface area contributed by atoms with Crippen LogP contribution in [0.15, 0.2) is 48.8 Å². The molecule has 0 radical (unpaired) electrons. The second kappa shape index (κ2) is 11.8. The van der Waals surface area contributed by atoms with Crippen molar-refractivity contribution in [2.45, 2.75) is 31.3 Å².